The smallest absolute Gasteiger partial charge is 0.0646 e. The van der Waals surface area contributed by atoms with Gasteiger partial charge < -0.3 is 0 Å². The van der Waals surface area contributed by atoms with Gasteiger partial charge in [0.05, 0.1) is 4.21 Å². The van der Waals surface area contributed by atoms with Gasteiger partial charge in [-0.2, -0.15) is 0 Å². The van der Waals surface area contributed by atoms with Gasteiger partial charge in [0.15, 0.2) is 0 Å². The third-order valence-electron chi connectivity index (χ3n) is 2.01. The average Bonchev–Trinajstić information content (AvgIpc) is 2.53. The van der Waals surface area contributed by atoms with Crippen LogP contribution in [0.3, 0.4) is 0 Å². The average molecular weight is 206 g/mol. The summed E-state index contributed by atoms with van der Waals surface area (Å²) in [5.74, 6) is 0. The highest BCUT2D eigenvalue weighted by molar-refractivity contribution is 7.83. The third kappa shape index (κ3) is 1.79. The molecule has 2 aromatic rings. The molecule has 0 saturated carbocycles. The molecule has 0 N–H and O–H groups in total. The van der Waals surface area contributed by atoms with E-state index in [1.807, 2.05) is 0 Å². The summed E-state index contributed by atoms with van der Waals surface area (Å²) >= 11 is 6.07. The molecule has 0 bridgehead atoms. The monoisotopic (exact) mass is 206 g/mol. The summed E-state index contributed by atoms with van der Waals surface area (Å²) in [6.07, 6.45) is 0. The van der Waals surface area contributed by atoms with E-state index in [-0.39, 0.29) is 0 Å². The largest absolute Gasteiger partial charge is 0.137 e. The molecule has 2 heteroatoms. The van der Waals surface area contributed by atoms with Crippen LogP contribution in [-0.4, -0.2) is 0 Å². The van der Waals surface area contributed by atoms with Crippen molar-refractivity contribution in [2.45, 2.75) is 11.1 Å². The van der Waals surface area contributed by atoms with Gasteiger partial charge in [0.2, 0.25) is 0 Å². The Balaban J connectivity index is 2.47. The predicted octanol–water partition coefficient (Wildman–Crippen LogP) is 4.01. The Morgan fingerprint density at radius 2 is 1.77 bits per heavy atom. The van der Waals surface area contributed by atoms with E-state index in [0.29, 0.717) is 0 Å². The highest BCUT2D eigenvalue weighted by Crippen LogP contribution is 2.30. The van der Waals surface area contributed by atoms with E-state index in [4.69, 9.17) is 0 Å². The van der Waals surface area contributed by atoms with Gasteiger partial charge in [0, 0.05) is 5.56 Å². The SMILES string of the molecule is Cc1ccc(-c2ccsc2S)cc1. The molecule has 0 aliphatic rings. The molecule has 0 radical (unpaired) electrons. The minimum Gasteiger partial charge on any atom is -0.137 e. The number of aryl methyl sites for hydroxylation is 1. The van der Waals surface area contributed by atoms with Crippen LogP contribution in [0.25, 0.3) is 11.1 Å². The molecular weight excluding hydrogens is 196 g/mol. The van der Waals surface area contributed by atoms with E-state index in [1.165, 1.54) is 16.7 Å². The maximum Gasteiger partial charge on any atom is 0.0646 e. The Kier molecular flexibility index (Phi) is 2.42. The molecule has 0 fully saturated rings. The van der Waals surface area contributed by atoms with E-state index >= 15 is 0 Å². The van der Waals surface area contributed by atoms with Crippen molar-refractivity contribution >= 4 is 24.0 Å². The molecule has 0 spiro atoms. The van der Waals surface area contributed by atoms with Crippen LogP contribution in [0.2, 0.25) is 0 Å². The first kappa shape index (κ1) is 8.85. The van der Waals surface area contributed by atoms with Gasteiger partial charge in [-0.15, -0.1) is 24.0 Å². The first-order valence-corrected chi connectivity index (χ1v) is 5.43. The quantitative estimate of drug-likeness (QED) is 0.670. The molecule has 1 aromatic heterocycles. The maximum atomic E-state index is 4.40. The topological polar surface area (TPSA) is 0 Å². The number of hydrogen-bond donors (Lipinski definition) is 1. The first-order valence-electron chi connectivity index (χ1n) is 4.11. The van der Waals surface area contributed by atoms with Crippen molar-refractivity contribution in [2.75, 3.05) is 0 Å². The Bertz CT molecular complexity index is 398. The summed E-state index contributed by atoms with van der Waals surface area (Å²) in [5, 5.41) is 2.07. The zero-order valence-electron chi connectivity index (χ0n) is 7.32. The number of rotatable bonds is 1. The van der Waals surface area contributed by atoms with Crippen LogP contribution in [0.1, 0.15) is 5.56 Å². The van der Waals surface area contributed by atoms with Gasteiger partial charge in [-0.3, -0.25) is 0 Å². The fourth-order valence-corrected chi connectivity index (χ4v) is 2.29. The predicted molar refractivity (Wildman–Crippen MR) is 61.7 cm³/mol. The van der Waals surface area contributed by atoms with Crippen LogP contribution in [0.4, 0.5) is 0 Å². The van der Waals surface area contributed by atoms with Gasteiger partial charge in [0.25, 0.3) is 0 Å². The highest BCUT2D eigenvalue weighted by Gasteiger charge is 2.01. The number of thiophene rings is 1. The Morgan fingerprint density at radius 1 is 1.08 bits per heavy atom. The zero-order valence-corrected chi connectivity index (χ0v) is 9.03. The molecule has 13 heavy (non-hydrogen) atoms. The summed E-state index contributed by atoms with van der Waals surface area (Å²) in [4.78, 5) is 0. The van der Waals surface area contributed by atoms with E-state index in [9.17, 15) is 0 Å². The molecule has 2 rings (SSSR count). The Hall–Kier alpha value is -0.730. The molecule has 0 atom stereocenters. The van der Waals surface area contributed by atoms with Gasteiger partial charge in [-0.05, 0) is 23.9 Å². The second kappa shape index (κ2) is 3.56. The zero-order chi connectivity index (χ0) is 9.26. The van der Waals surface area contributed by atoms with Crippen molar-refractivity contribution in [3.05, 3.63) is 41.3 Å². The van der Waals surface area contributed by atoms with Crippen LogP contribution in [-0.2, 0) is 0 Å². The van der Waals surface area contributed by atoms with Crippen molar-refractivity contribution in [3.8, 4) is 11.1 Å². The Labute approximate surface area is 87.6 Å². The van der Waals surface area contributed by atoms with Crippen LogP contribution in [0.5, 0.6) is 0 Å². The fourth-order valence-electron chi connectivity index (χ4n) is 1.25. The summed E-state index contributed by atoms with van der Waals surface area (Å²) < 4.78 is 1.09. The van der Waals surface area contributed by atoms with Crippen LogP contribution >= 0.6 is 24.0 Å². The molecule has 0 aliphatic carbocycles. The summed E-state index contributed by atoms with van der Waals surface area (Å²) in [6, 6.07) is 10.6. The summed E-state index contributed by atoms with van der Waals surface area (Å²) in [7, 11) is 0. The van der Waals surface area contributed by atoms with E-state index in [2.05, 4.69) is 55.3 Å². The van der Waals surface area contributed by atoms with Crippen molar-refractivity contribution in [2.24, 2.45) is 0 Å². The molecular formula is C11H10S2. The molecule has 0 amide bonds. The van der Waals surface area contributed by atoms with Crippen molar-refractivity contribution in [3.63, 3.8) is 0 Å². The van der Waals surface area contributed by atoms with Crippen molar-refractivity contribution in [1.29, 1.82) is 0 Å². The molecule has 0 saturated heterocycles. The maximum absolute atomic E-state index is 4.40. The number of thiol groups is 1. The second-order valence-corrected chi connectivity index (χ2v) is 4.67. The van der Waals surface area contributed by atoms with Crippen LogP contribution < -0.4 is 0 Å². The molecule has 0 nitrogen and oxygen atoms in total. The van der Waals surface area contributed by atoms with Crippen molar-refractivity contribution in [1.82, 2.24) is 0 Å². The lowest BCUT2D eigenvalue weighted by molar-refractivity contribution is 1.47. The number of benzene rings is 1. The minimum absolute atomic E-state index is 1.09. The van der Waals surface area contributed by atoms with E-state index in [0.717, 1.165) is 4.21 Å². The highest BCUT2D eigenvalue weighted by atomic mass is 32.2. The molecule has 0 unspecified atom stereocenters. The summed E-state index contributed by atoms with van der Waals surface area (Å²) in [5.41, 5.74) is 3.77. The summed E-state index contributed by atoms with van der Waals surface area (Å²) in [6.45, 7) is 2.10. The van der Waals surface area contributed by atoms with Gasteiger partial charge in [-0.1, -0.05) is 29.8 Å². The second-order valence-electron chi connectivity index (χ2n) is 3.01. The molecule has 1 heterocycles. The van der Waals surface area contributed by atoms with Gasteiger partial charge >= 0.3 is 0 Å². The number of hydrogen-bond acceptors (Lipinski definition) is 2. The third-order valence-corrected chi connectivity index (χ3v) is 3.28. The van der Waals surface area contributed by atoms with E-state index in [1.54, 1.807) is 11.3 Å². The van der Waals surface area contributed by atoms with Gasteiger partial charge in [0.1, 0.15) is 0 Å². The lowest BCUT2D eigenvalue weighted by atomic mass is 10.1. The van der Waals surface area contributed by atoms with E-state index < -0.39 is 0 Å². The normalized spacial score (nSPS) is 10.3. The Morgan fingerprint density at radius 3 is 2.31 bits per heavy atom. The van der Waals surface area contributed by atoms with Crippen LogP contribution in [0.15, 0.2) is 39.9 Å². The fraction of sp³-hybridized carbons (Fsp3) is 0.0909. The standard InChI is InChI=1S/C11H10S2/c1-8-2-4-9(5-3-8)10-6-7-13-11(10)12/h2-7,12H,1H3. The minimum atomic E-state index is 1.09. The first-order chi connectivity index (χ1) is 6.27. The van der Waals surface area contributed by atoms with Gasteiger partial charge in [-0.25, -0.2) is 0 Å². The lowest BCUT2D eigenvalue weighted by Gasteiger charge is -1.99. The van der Waals surface area contributed by atoms with Crippen molar-refractivity contribution < 1.29 is 0 Å². The molecule has 1 aromatic carbocycles. The molecule has 66 valence electrons. The molecule has 0 aliphatic heterocycles. The lowest BCUT2D eigenvalue weighted by Crippen LogP contribution is -1.75. The van der Waals surface area contributed by atoms with Crippen LogP contribution in [0, 0.1) is 6.92 Å².